The molecule has 4 nitrogen and oxygen atoms in total. The van der Waals surface area contributed by atoms with E-state index in [-0.39, 0.29) is 0 Å². The van der Waals surface area contributed by atoms with E-state index in [0.29, 0.717) is 5.90 Å². The fourth-order valence-electron chi connectivity index (χ4n) is 0.559. The van der Waals surface area contributed by atoms with Crippen molar-refractivity contribution in [3.63, 3.8) is 0 Å². The third-order valence-electron chi connectivity index (χ3n) is 0.919. The van der Waals surface area contributed by atoms with Crippen LogP contribution in [0.15, 0.2) is 5.10 Å². The molecule has 1 heterocycles. The van der Waals surface area contributed by atoms with Crippen molar-refractivity contribution in [2.45, 2.75) is 19.6 Å². The van der Waals surface area contributed by atoms with Crippen molar-refractivity contribution in [3.05, 3.63) is 0 Å². The van der Waals surface area contributed by atoms with E-state index in [1.165, 1.54) is 0 Å². The zero-order chi connectivity index (χ0) is 6.91. The number of hydrazone groups is 1. The van der Waals surface area contributed by atoms with Crippen LogP contribution >= 0.6 is 0 Å². The predicted octanol–water partition coefficient (Wildman–Crippen LogP) is 0.305. The summed E-state index contributed by atoms with van der Waals surface area (Å²) in [4.78, 5) is 0. The maximum atomic E-state index is 6.76. The van der Waals surface area contributed by atoms with Crippen LogP contribution in [0.5, 0.6) is 0 Å². The smallest absolute Gasteiger partial charge is 0.250 e. The van der Waals surface area contributed by atoms with E-state index in [4.69, 9.17) is 10.1 Å². The quantitative estimate of drug-likeness (QED) is 0.498. The molecule has 0 amide bonds. The molecule has 9 heavy (non-hydrogen) atoms. The molecule has 1 rings (SSSR count). The Balaban J connectivity index is 2.59. The van der Waals surface area contributed by atoms with Crippen LogP contribution in [0.1, 0.15) is 13.8 Å². The van der Waals surface area contributed by atoms with Crippen LogP contribution in [0.2, 0.25) is 0 Å². The lowest BCUT2D eigenvalue weighted by atomic mass is 10.3. The molecule has 0 saturated heterocycles. The fraction of sp³-hybridized carbons (Fsp3) is 0.600. The first kappa shape index (κ1) is 6.07. The topological polar surface area (TPSA) is 57.5 Å². The van der Waals surface area contributed by atoms with Crippen molar-refractivity contribution in [3.8, 4) is 0 Å². The second-order valence-electron chi connectivity index (χ2n) is 2.32. The summed E-state index contributed by atoms with van der Waals surface area (Å²) in [5, 5.41) is 10.5. The monoisotopic (exact) mass is 127 g/mol. The highest BCUT2D eigenvalue weighted by Gasteiger charge is 2.25. The normalized spacial score (nSPS) is 21.8. The molecule has 2 N–H and O–H groups in total. The van der Waals surface area contributed by atoms with Crippen molar-refractivity contribution < 1.29 is 4.74 Å². The maximum Gasteiger partial charge on any atom is 0.250 e. The van der Waals surface area contributed by atoms with Crippen LogP contribution < -0.4 is 5.43 Å². The first-order valence-corrected chi connectivity index (χ1v) is 2.68. The summed E-state index contributed by atoms with van der Waals surface area (Å²) >= 11 is 0. The Kier molecular flexibility index (Phi) is 1.16. The molecule has 0 aromatic carbocycles. The number of nitrogens with one attached hydrogen (secondary N) is 2. The van der Waals surface area contributed by atoms with E-state index in [1.807, 2.05) is 13.8 Å². The van der Waals surface area contributed by atoms with Crippen LogP contribution in [0.4, 0.5) is 0 Å². The third kappa shape index (κ3) is 1.19. The molecular weight excluding hydrogens is 118 g/mol. The largest absolute Gasteiger partial charge is 0.448 e. The van der Waals surface area contributed by atoms with Crippen LogP contribution in [0.25, 0.3) is 0 Å². The van der Waals surface area contributed by atoms with E-state index < -0.39 is 5.72 Å². The van der Waals surface area contributed by atoms with Crippen molar-refractivity contribution in [2.75, 3.05) is 0 Å². The second-order valence-corrected chi connectivity index (χ2v) is 2.32. The van der Waals surface area contributed by atoms with Gasteiger partial charge in [0.05, 0.1) is 6.21 Å². The number of ether oxygens (including phenoxy) is 1. The Labute approximate surface area is 53.4 Å². The minimum absolute atomic E-state index is 0.333. The van der Waals surface area contributed by atoms with Gasteiger partial charge in [-0.2, -0.15) is 0 Å². The minimum atomic E-state index is -0.438. The second kappa shape index (κ2) is 1.72. The van der Waals surface area contributed by atoms with E-state index >= 15 is 0 Å². The lowest BCUT2D eigenvalue weighted by Gasteiger charge is -2.15. The molecule has 4 heteroatoms. The highest BCUT2D eigenvalue weighted by molar-refractivity contribution is 6.25. The predicted molar refractivity (Wildman–Crippen MR) is 34.5 cm³/mol. The van der Waals surface area contributed by atoms with Crippen LogP contribution in [-0.4, -0.2) is 17.8 Å². The van der Waals surface area contributed by atoms with Gasteiger partial charge in [-0.25, -0.2) is 0 Å². The Hall–Kier alpha value is -1.06. The molecule has 50 valence electrons. The van der Waals surface area contributed by atoms with Crippen molar-refractivity contribution >= 4 is 12.1 Å². The first-order chi connectivity index (χ1) is 4.14. The van der Waals surface area contributed by atoms with Crippen LogP contribution in [0, 0.1) is 5.41 Å². The van der Waals surface area contributed by atoms with E-state index in [2.05, 4.69) is 10.5 Å². The molecule has 0 fully saturated rings. The average molecular weight is 127 g/mol. The molecule has 0 aromatic rings. The molecule has 0 saturated carbocycles. The summed E-state index contributed by atoms with van der Waals surface area (Å²) in [6.45, 7) is 3.68. The minimum Gasteiger partial charge on any atom is -0.448 e. The molecule has 0 radical (unpaired) electrons. The summed E-state index contributed by atoms with van der Waals surface area (Å²) in [5.41, 5.74) is 2.27. The number of rotatable bonds is 1. The molecule has 0 aromatic heterocycles. The van der Waals surface area contributed by atoms with Crippen LogP contribution in [-0.2, 0) is 4.74 Å². The zero-order valence-corrected chi connectivity index (χ0v) is 5.43. The van der Waals surface area contributed by atoms with Gasteiger partial charge in [0.1, 0.15) is 0 Å². The van der Waals surface area contributed by atoms with Gasteiger partial charge >= 0.3 is 0 Å². The lowest BCUT2D eigenvalue weighted by molar-refractivity contribution is 0.0930. The molecule has 0 atom stereocenters. The van der Waals surface area contributed by atoms with E-state index in [9.17, 15) is 0 Å². The molecule has 1 aliphatic heterocycles. The van der Waals surface area contributed by atoms with Crippen LogP contribution in [0.3, 0.4) is 0 Å². The molecule has 0 spiro atoms. The summed E-state index contributed by atoms with van der Waals surface area (Å²) in [6.07, 6.45) is 1.07. The third-order valence-corrected chi connectivity index (χ3v) is 0.919. The fourth-order valence-corrected chi connectivity index (χ4v) is 0.559. The SMILES string of the molecule is CC1(C)NN=C(C=N)O1. The van der Waals surface area contributed by atoms with Crippen molar-refractivity contribution in [2.24, 2.45) is 5.10 Å². The Bertz CT molecular complexity index is 162. The Morgan fingerprint density at radius 3 is 2.67 bits per heavy atom. The van der Waals surface area contributed by atoms with Crippen molar-refractivity contribution in [1.29, 1.82) is 5.41 Å². The van der Waals surface area contributed by atoms with Gasteiger partial charge in [-0.05, 0) is 13.8 Å². The highest BCUT2D eigenvalue weighted by atomic mass is 16.5. The van der Waals surface area contributed by atoms with Gasteiger partial charge in [-0.3, -0.25) is 5.43 Å². The summed E-state index contributed by atoms with van der Waals surface area (Å²) in [6, 6.07) is 0. The molecule has 0 aliphatic carbocycles. The summed E-state index contributed by atoms with van der Waals surface area (Å²) in [5.74, 6) is 0.333. The molecular formula is C5H9N3O. The molecule has 1 aliphatic rings. The highest BCUT2D eigenvalue weighted by Crippen LogP contribution is 2.09. The number of nitrogens with zero attached hydrogens (tertiary/aromatic N) is 1. The Morgan fingerprint density at radius 2 is 2.44 bits per heavy atom. The van der Waals surface area contributed by atoms with Gasteiger partial charge in [-0.1, -0.05) is 0 Å². The van der Waals surface area contributed by atoms with Gasteiger partial charge in [0.2, 0.25) is 0 Å². The van der Waals surface area contributed by atoms with E-state index in [0.717, 1.165) is 6.21 Å². The maximum absolute atomic E-state index is 6.76. The first-order valence-electron chi connectivity index (χ1n) is 2.68. The zero-order valence-electron chi connectivity index (χ0n) is 5.43. The van der Waals surface area contributed by atoms with Gasteiger partial charge in [0.25, 0.3) is 5.90 Å². The van der Waals surface area contributed by atoms with Crippen molar-refractivity contribution in [1.82, 2.24) is 5.43 Å². The lowest BCUT2D eigenvalue weighted by Crippen LogP contribution is -2.33. The average Bonchev–Trinajstić information content (AvgIpc) is 2.10. The van der Waals surface area contributed by atoms with Gasteiger partial charge in [0, 0.05) is 0 Å². The summed E-state index contributed by atoms with van der Waals surface area (Å²) in [7, 11) is 0. The molecule has 0 bridgehead atoms. The number of hydrogen-bond acceptors (Lipinski definition) is 4. The molecule has 0 unspecified atom stereocenters. The number of hydrogen-bond donors (Lipinski definition) is 2. The van der Waals surface area contributed by atoms with E-state index in [1.54, 1.807) is 0 Å². The van der Waals surface area contributed by atoms with Gasteiger partial charge in [-0.15, -0.1) is 5.10 Å². The Morgan fingerprint density at radius 1 is 1.78 bits per heavy atom. The standard InChI is InChI=1S/C5H9N3O/c1-5(2)8-7-4(3-6)9-5/h3,6,8H,1-2H3. The van der Waals surface area contributed by atoms with Gasteiger partial charge in [0.15, 0.2) is 5.72 Å². The van der Waals surface area contributed by atoms with Gasteiger partial charge < -0.3 is 10.1 Å². The summed E-state index contributed by atoms with van der Waals surface area (Å²) < 4.78 is 5.09.